The third-order valence-corrected chi connectivity index (χ3v) is 5.19. The second kappa shape index (κ2) is 7.13. The van der Waals surface area contributed by atoms with Gasteiger partial charge in [0.05, 0.1) is 6.10 Å². The molecule has 3 nitrogen and oxygen atoms in total. The van der Waals surface area contributed by atoms with Gasteiger partial charge in [-0.1, -0.05) is 31.4 Å². The molecule has 0 amide bonds. The Balaban J connectivity index is 2.10. The molecule has 0 aromatic heterocycles. The predicted molar refractivity (Wildman–Crippen MR) is 82.5 cm³/mol. The molecule has 21 heavy (non-hydrogen) atoms. The number of rotatable bonds is 6. The highest BCUT2D eigenvalue weighted by Gasteiger charge is 2.52. The van der Waals surface area contributed by atoms with Crippen molar-refractivity contribution in [2.24, 2.45) is 23.7 Å². The van der Waals surface area contributed by atoms with Gasteiger partial charge in [-0.25, -0.2) is 0 Å². The van der Waals surface area contributed by atoms with Crippen molar-refractivity contribution in [3.63, 3.8) is 0 Å². The average molecular weight is 290 g/mol. The van der Waals surface area contributed by atoms with Crippen LogP contribution in [0.2, 0.25) is 0 Å². The first kappa shape index (κ1) is 16.1. The molecule has 0 aromatic rings. The quantitative estimate of drug-likeness (QED) is 0.583. The summed E-state index contributed by atoms with van der Waals surface area (Å²) < 4.78 is 0. The smallest absolute Gasteiger partial charge is 0.303 e. The van der Waals surface area contributed by atoms with Crippen LogP contribution in [0.5, 0.6) is 0 Å². The number of hydrogen-bond donors (Lipinski definition) is 2. The molecule has 0 radical (unpaired) electrons. The van der Waals surface area contributed by atoms with E-state index in [9.17, 15) is 9.90 Å². The van der Waals surface area contributed by atoms with Crippen molar-refractivity contribution in [2.45, 2.75) is 58.0 Å². The molecular weight excluding hydrogens is 264 g/mol. The Kier molecular flexibility index (Phi) is 5.47. The number of fused-ring (bicyclic) bond motifs is 1. The van der Waals surface area contributed by atoms with Gasteiger partial charge in [-0.15, -0.1) is 12.3 Å². The molecule has 116 valence electrons. The van der Waals surface area contributed by atoms with Gasteiger partial charge >= 0.3 is 5.97 Å². The first-order valence-electron chi connectivity index (χ1n) is 8.16. The van der Waals surface area contributed by atoms with E-state index in [-0.39, 0.29) is 18.4 Å². The number of allylic oxidation sites excluding steroid dienone is 2. The van der Waals surface area contributed by atoms with Crippen molar-refractivity contribution < 1.29 is 15.0 Å². The van der Waals surface area contributed by atoms with Crippen LogP contribution in [0.4, 0.5) is 0 Å². The molecule has 0 aromatic carbocycles. The number of carbonyl (C=O) groups is 1. The molecule has 2 saturated carbocycles. The minimum absolute atomic E-state index is 0.0257. The fourth-order valence-corrected chi connectivity index (χ4v) is 4.20. The van der Waals surface area contributed by atoms with Crippen LogP contribution in [-0.2, 0) is 4.79 Å². The summed E-state index contributed by atoms with van der Waals surface area (Å²) in [4.78, 5) is 10.7. The molecule has 0 bridgehead atoms. The third-order valence-electron chi connectivity index (χ3n) is 5.19. The molecule has 3 heteroatoms. The van der Waals surface area contributed by atoms with Gasteiger partial charge in [0.15, 0.2) is 0 Å². The van der Waals surface area contributed by atoms with E-state index in [1.165, 1.54) is 5.57 Å². The lowest BCUT2D eigenvalue weighted by molar-refractivity contribution is -0.136. The molecule has 0 spiro atoms. The van der Waals surface area contributed by atoms with E-state index in [0.717, 1.165) is 32.1 Å². The molecule has 0 aliphatic heterocycles. The van der Waals surface area contributed by atoms with Crippen LogP contribution in [-0.4, -0.2) is 22.3 Å². The van der Waals surface area contributed by atoms with Crippen molar-refractivity contribution in [1.29, 1.82) is 0 Å². The van der Waals surface area contributed by atoms with E-state index in [1.807, 2.05) is 0 Å². The van der Waals surface area contributed by atoms with Gasteiger partial charge in [0.2, 0.25) is 0 Å². The Bertz CT molecular complexity index is 446. The molecule has 2 N–H and O–H groups in total. The maximum absolute atomic E-state index is 10.7. The molecule has 5 unspecified atom stereocenters. The van der Waals surface area contributed by atoms with E-state index in [0.29, 0.717) is 24.2 Å². The van der Waals surface area contributed by atoms with Gasteiger partial charge in [-0.3, -0.25) is 4.79 Å². The zero-order valence-electron chi connectivity index (χ0n) is 12.8. The van der Waals surface area contributed by atoms with Crippen LogP contribution in [0.15, 0.2) is 11.6 Å². The summed E-state index contributed by atoms with van der Waals surface area (Å²) in [6.07, 6.45) is 13.4. The monoisotopic (exact) mass is 290 g/mol. The largest absolute Gasteiger partial charge is 0.481 e. The molecule has 2 rings (SSSR count). The first-order chi connectivity index (χ1) is 10.1. The van der Waals surface area contributed by atoms with Gasteiger partial charge in [0, 0.05) is 12.3 Å². The van der Waals surface area contributed by atoms with E-state index in [1.54, 1.807) is 0 Å². The number of carboxylic acids is 1. The fraction of sp³-hybridized carbons (Fsp3) is 0.722. The number of aliphatic hydroxyl groups is 1. The van der Waals surface area contributed by atoms with Crippen LogP contribution < -0.4 is 0 Å². The van der Waals surface area contributed by atoms with Crippen LogP contribution in [0.1, 0.15) is 51.9 Å². The van der Waals surface area contributed by atoms with E-state index >= 15 is 0 Å². The van der Waals surface area contributed by atoms with Crippen LogP contribution in [0, 0.1) is 36.0 Å². The van der Waals surface area contributed by atoms with Crippen LogP contribution in [0.25, 0.3) is 0 Å². The molecule has 5 atom stereocenters. The second-order valence-corrected chi connectivity index (χ2v) is 6.41. The Labute approximate surface area is 127 Å². The Hall–Kier alpha value is -1.27. The Morgan fingerprint density at radius 1 is 1.48 bits per heavy atom. The predicted octanol–water partition coefficient (Wildman–Crippen LogP) is 3.23. The van der Waals surface area contributed by atoms with Crippen molar-refractivity contribution >= 4 is 5.97 Å². The lowest BCUT2D eigenvalue weighted by Gasteiger charge is -2.55. The zero-order chi connectivity index (χ0) is 15.4. The lowest BCUT2D eigenvalue weighted by atomic mass is 9.50. The summed E-state index contributed by atoms with van der Waals surface area (Å²) in [7, 11) is 0. The highest BCUT2D eigenvalue weighted by molar-refractivity contribution is 5.66. The minimum atomic E-state index is -0.742. The summed E-state index contributed by atoms with van der Waals surface area (Å²) >= 11 is 0. The number of aliphatic hydroxyl groups excluding tert-OH is 1. The maximum atomic E-state index is 10.7. The van der Waals surface area contributed by atoms with Gasteiger partial charge < -0.3 is 10.2 Å². The highest BCUT2D eigenvalue weighted by atomic mass is 16.4. The maximum Gasteiger partial charge on any atom is 0.303 e. The van der Waals surface area contributed by atoms with Crippen molar-refractivity contribution in [3.05, 3.63) is 11.6 Å². The number of aliphatic carboxylic acids is 1. The summed E-state index contributed by atoms with van der Waals surface area (Å²) in [6.45, 7) is 2.18. The normalized spacial score (nSPS) is 36.6. The van der Waals surface area contributed by atoms with Crippen molar-refractivity contribution in [2.75, 3.05) is 0 Å². The third kappa shape index (κ3) is 3.32. The fourth-order valence-electron chi connectivity index (χ4n) is 4.20. The summed E-state index contributed by atoms with van der Waals surface area (Å²) in [5.74, 6) is 3.39. The van der Waals surface area contributed by atoms with E-state index in [2.05, 4.69) is 18.9 Å². The van der Waals surface area contributed by atoms with Crippen molar-refractivity contribution in [3.8, 4) is 12.3 Å². The van der Waals surface area contributed by atoms with Gasteiger partial charge in [0.1, 0.15) is 0 Å². The molecule has 2 fully saturated rings. The Morgan fingerprint density at radius 3 is 2.86 bits per heavy atom. The van der Waals surface area contributed by atoms with Crippen molar-refractivity contribution in [1.82, 2.24) is 0 Å². The summed E-state index contributed by atoms with van der Waals surface area (Å²) in [6, 6.07) is 0. The number of carboxylic acid groups (broad SMARTS) is 1. The number of unbranched alkanes of at least 4 members (excludes halogenated alkanes) is 1. The SMILES string of the molecule is C#CC1C(O)CCC2C(=CCCC(=O)O)C(CCCC)C21. The standard InChI is InChI=1S/C18H26O3/c1-3-5-7-14-13(8-6-9-17(20)21)15-10-11-16(19)12(4-2)18(14)15/h2,8,12,14-16,18-19H,3,5-7,9-11H2,1H3,(H,20,21). The Morgan fingerprint density at radius 2 is 2.24 bits per heavy atom. The topological polar surface area (TPSA) is 57.5 Å². The summed E-state index contributed by atoms with van der Waals surface area (Å²) in [5.41, 5.74) is 1.42. The molecular formula is C18H26O3. The molecule has 0 saturated heterocycles. The first-order valence-corrected chi connectivity index (χ1v) is 8.16. The van der Waals surface area contributed by atoms with E-state index < -0.39 is 5.97 Å². The minimum Gasteiger partial charge on any atom is -0.481 e. The number of terminal acetylenes is 1. The summed E-state index contributed by atoms with van der Waals surface area (Å²) in [5, 5.41) is 18.9. The molecule has 0 heterocycles. The molecule has 2 aliphatic carbocycles. The van der Waals surface area contributed by atoms with Gasteiger partial charge in [0.25, 0.3) is 0 Å². The highest BCUT2D eigenvalue weighted by Crippen LogP contribution is 2.57. The van der Waals surface area contributed by atoms with Crippen LogP contribution in [0.3, 0.4) is 0 Å². The van der Waals surface area contributed by atoms with Crippen LogP contribution >= 0.6 is 0 Å². The van der Waals surface area contributed by atoms with Gasteiger partial charge in [-0.05, 0) is 43.4 Å². The zero-order valence-corrected chi connectivity index (χ0v) is 12.8. The average Bonchev–Trinajstić information content (AvgIpc) is 2.44. The lowest BCUT2D eigenvalue weighted by Crippen LogP contribution is -2.51. The van der Waals surface area contributed by atoms with E-state index in [4.69, 9.17) is 11.5 Å². The molecule has 2 aliphatic rings. The second-order valence-electron chi connectivity index (χ2n) is 6.41. The number of hydrogen-bond acceptors (Lipinski definition) is 2. The van der Waals surface area contributed by atoms with Gasteiger partial charge in [-0.2, -0.15) is 0 Å².